The molecule has 1 fully saturated rings. The summed E-state index contributed by atoms with van der Waals surface area (Å²) >= 11 is 0. The zero-order chi connectivity index (χ0) is 19.4. The first-order valence-electron chi connectivity index (χ1n) is 9.42. The van der Waals surface area contributed by atoms with Crippen LogP contribution in [0.25, 0.3) is 0 Å². The van der Waals surface area contributed by atoms with Crippen LogP contribution in [0.5, 0.6) is 0 Å². The van der Waals surface area contributed by atoms with Crippen LogP contribution < -0.4 is 0 Å². The fourth-order valence-electron chi connectivity index (χ4n) is 3.25. The first-order chi connectivity index (χ1) is 12.8. The summed E-state index contributed by atoms with van der Waals surface area (Å²) in [7, 11) is 0. The molecule has 2 heterocycles. The van der Waals surface area contributed by atoms with Gasteiger partial charge >= 0.3 is 6.09 Å². The molecule has 7 heteroatoms. The molecule has 3 rings (SSSR count). The van der Waals surface area contributed by atoms with Crippen LogP contribution in [-0.4, -0.2) is 55.9 Å². The number of piperidine rings is 1. The van der Waals surface area contributed by atoms with Crippen LogP contribution in [0.15, 0.2) is 36.5 Å². The molecule has 1 N–H and O–H groups in total. The maximum Gasteiger partial charge on any atom is 0.410 e. The molecule has 0 radical (unpaired) electrons. The topological polar surface area (TPSA) is 80.5 Å². The van der Waals surface area contributed by atoms with Crippen LogP contribution in [0.4, 0.5) is 4.79 Å². The number of β-amino-alcohol motifs (C(OH)–C–C–N with tert-alkyl or cyclic N) is 1. The van der Waals surface area contributed by atoms with Gasteiger partial charge in [0.05, 0.1) is 18.3 Å². The number of aliphatic hydroxyl groups is 1. The highest BCUT2D eigenvalue weighted by atomic mass is 16.6. The molecular weight excluding hydrogens is 344 g/mol. The van der Waals surface area contributed by atoms with Crippen LogP contribution in [0.2, 0.25) is 0 Å². The molecule has 0 bridgehead atoms. The second kappa shape index (κ2) is 8.08. The molecule has 1 saturated heterocycles. The number of nitrogens with zero attached hydrogens (tertiary/aromatic N) is 4. The van der Waals surface area contributed by atoms with E-state index >= 15 is 0 Å². The summed E-state index contributed by atoms with van der Waals surface area (Å²) in [5, 5.41) is 19.0. The summed E-state index contributed by atoms with van der Waals surface area (Å²) in [6.45, 7) is 7.03. The van der Waals surface area contributed by atoms with Gasteiger partial charge in [-0.15, -0.1) is 5.10 Å². The van der Waals surface area contributed by atoms with E-state index in [0.29, 0.717) is 13.0 Å². The number of aryl methyl sites for hydroxylation is 2. The molecule has 0 saturated carbocycles. The molecule has 1 aromatic heterocycles. The van der Waals surface area contributed by atoms with Crippen molar-refractivity contribution in [3.63, 3.8) is 0 Å². The second-order valence-corrected chi connectivity index (χ2v) is 8.03. The van der Waals surface area contributed by atoms with Crippen LogP contribution in [0, 0.1) is 0 Å². The molecule has 27 heavy (non-hydrogen) atoms. The Labute approximate surface area is 159 Å². The third-order valence-electron chi connectivity index (χ3n) is 4.64. The van der Waals surface area contributed by atoms with Crippen molar-refractivity contribution in [1.82, 2.24) is 19.9 Å². The van der Waals surface area contributed by atoms with Crippen LogP contribution in [-0.2, 0) is 17.7 Å². The molecule has 7 nitrogen and oxygen atoms in total. The minimum atomic E-state index is -0.675. The Morgan fingerprint density at radius 1 is 1.30 bits per heavy atom. The van der Waals surface area contributed by atoms with Crippen molar-refractivity contribution in [2.45, 2.75) is 57.8 Å². The lowest BCUT2D eigenvalue weighted by molar-refractivity contribution is -0.00191. The number of carbonyl (C=O) groups excluding carboxylic acids is 1. The molecule has 0 aliphatic carbocycles. The Balaban J connectivity index is 1.55. The highest BCUT2D eigenvalue weighted by molar-refractivity contribution is 5.68. The summed E-state index contributed by atoms with van der Waals surface area (Å²) in [6, 6.07) is 10.2. The van der Waals surface area contributed by atoms with E-state index in [1.54, 1.807) is 4.90 Å². The Morgan fingerprint density at radius 2 is 2.04 bits per heavy atom. The SMILES string of the molecule is CC(C)(C)OC(=O)N1CC[C@H](c2cn(CCc3ccccc3)nn2)[C@@H](O)C1. The van der Waals surface area contributed by atoms with Crippen molar-refractivity contribution in [2.24, 2.45) is 0 Å². The normalized spacial score (nSPS) is 20.5. The maximum absolute atomic E-state index is 12.2. The molecule has 2 atom stereocenters. The summed E-state index contributed by atoms with van der Waals surface area (Å²) < 4.78 is 7.20. The van der Waals surface area contributed by atoms with Crippen LogP contribution in [0.3, 0.4) is 0 Å². The van der Waals surface area contributed by atoms with E-state index in [1.807, 2.05) is 49.8 Å². The smallest absolute Gasteiger partial charge is 0.410 e. The number of hydrogen-bond acceptors (Lipinski definition) is 5. The molecule has 1 aliphatic heterocycles. The number of rotatable bonds is 4. The van der Waals surface area contributed by atoms with E-state index in [-0.39, 0.29) is 18.6 Å². The Kier molecular flexibility index (Phi) is 5.79. The third-order valence-corrected chi connectivity index (χ3v) is 4.64. The number of carbonyl (C=O) groups is 1. The van der Waals surface area contributed by atoms with Crippen LogP contribution >= 0.6 is 0 Å². The highest BCUT2D eigenvalue weighted by Gasteiger charge is 2.34. The predicted molar refractivity (Wildman–Crippen MR) is 101 cm³/mol. The quantitative estimate of drug-likeness (QED) is 0.892. The molecule has 2 aromatic rings. The summed E-state index contributed by atoms with van der Waals surface area (Å²) in [6.07, 6.45) is 2.36. The molecular formula is C20H28N4O3. The average Bonchev–Trinajstić information content (AvgIpc) is 3.08. The van der Waals surface area contributed by atoms with Gasteiger partial charge in [-0.25, -0.2) is 4.79 Å². The van der Waals surface area contributed by atoms with Gasteiger partial charge in [-0.2, -0.15) is 0 Å². The van der Waals surface area contributed by atoms with Gasteiger partial charge in [-0.1, -0.05) is 35.5 Å². The first kappa shape index (κ1) is 19.4. The van der Waals surface area contributed by atoms with Gasteiger partial charge in [0.2, 0.25) is 0 Å². The third kappa shape index (κ3) is 5.29. The monoisotopic (exact) mass is 372 g/mol. The Hall–Kier alpha value is -2.41. The number of ether oxygens (including phenoxy) is 1. The lowest BCUT2D eigenvalue weighted by Gasteiger charge is -2.35. The van der Waals surface area contributed by atoms with Gasteiger partial charge in [0.1, 0.15) is 5.60 Å². The Morgan fingerprint density at radius 3 is 2.70 bits per heavy atom. The van der Waals surface area contributed by atoms with Crippen molar-refractivity contribution < 1.29 is 14.6 Å². The van der Waals surface area contributed by atoms with Gasteiger partial charge in [0, 0.05) is 25.2 Å². The minimum Gasteiger partial charge on any atom is -0.444 e. The summed E-state index contributed by atoms with van der Waals surface area (Å²) in [5.41, 5.74) is 1.49. The van der Waals surface area contributed by atoms with E-state index in [1.165, 1.54) is 5.56 Å². The van der Waals surface area contributed by atoms with Gasteiger partial charge in [-0.3, -0.25) is 4.68 Å². The van der Waals surface area contributed by atoms with E-state index in [4.69, 9.17) is 4.74 Å². The highest BCUT2D eigenvalue weighted by Crippen LogP contribution is 2.27. The van der Waals surface area contributed by atoms with Crippen LogP contribution in [0.1, 0.15) is 44.4 Å². The number of hydrogen-bond donors (Lipinski definition) is 1. The molecule has 1 aliphatic rings. The van der Waals surface area contributed by atoms with Crippen molar-refractivity contribution in [1.29, 1.82) is 0 Å². The second-order valence-electron chi connectivity index (χ2n) is 8.03. The largest absolute Gasteiger partial charge is 0.444 e. The molecule has 1 amide bonds. The van der Waals surface area contributed by atoms with E-state index in [0.717, 1.165) is 18.7 Å². The Bertz CT molecular complexity index is 754. The first-order valence-corrected chi connectivity index (χ1v) is 9.42. The molecule has 0 spiro atoms. The number of aliphatic hydroxyl groups excluding tert-OH is 1. The van der Waals surface area contributed by atoms with Crippen molar-refractivity contribution >= 4 is 6.09 Å². The van der Waals surface area contributed by atoms with Gasteiger partial charge in [-0.05, 0) is 39.2 Å². The number of likely N-dealkylation sites (tertiary alicyclic amines) is 1. The number of amides is 1. The maximum atomic E-state index is 12.2. The van der Waals surface area contributed by atoms with Crippen molar-refractivity contribution in [2.75, 3.05) is 13.1 Å². The molecule has 146 valence electrons. The standard InChI is InChI=1S/C20H28N4O3/c1-20(2,3)27-19(26)23-11-10-16(18(25)14-23)17-13-24(22-21-17)12-9-15-7-5-4-6-8-15/h4-8,13,16,18,25H,9-12,14H2,1-3H3/t16-,18+/m1/s1. The van der Waals surface area contributed by atoms with E-state index in [2.05, 4.69) is 22.4 Å². The van der Waals surface area contributed by atoms with E-state index in [9.17, 15) is 9.90 Å². The molecule has 1 aromatic carbocycles. The summed E-state index contributed by atoms with van der Waals surface area (Å²) in [5.74, 6) is -0.117. The zero-order valence-corrected chi connectivity index (χ0v) is 16.2. The lowest BCUT2D eigenvalue weighted by Crippen LogP contribution is -2.47. The predicted octanol–water partition coefficient (Wildman–Crippen LogP) is 2.61. The zero-order valence-electron chi connectivity index (χ0n) is 16.2. The minimum absolute atomic E-state index is 0.117. The van der Waals surface area contributed by atoms with Crippen molar-refractivity contribution in [3.05, 3.63) is 47.8 Å². The van der Waals surface area contributed by atoms with Gasteiger partial charge in [0.15, 0.2) is 0 Å². The van der Waals surface area contributed by atoms with Crippen molar-refractivity contribution in [3.8, 4) is 0 Å². The fourth-order valence-corrected chi connectivity index (χ4v) is 3.25. The molecule has 0 unspecified atom stereocenters. The summed E-state index contributed by atoms with van der Waals surface area (Å²) in [4.78, 5) is 13.7. The number of aromatic nitrogens is 3. The van der Waals surface area contributed by atoms with Gasteiger partial charge < -0.3 is 14.7 Å². The number of benzene rings is 1. The average molecular weight is 372 g/mol. The van der Waals surface area contributed by atoms with Gasteiger partial charge in [0.25, 0.3) is 0 Å². The fraction of sp³-hybridized carbons (Fsp3) is 0.550. The van der Waals surface area contributed by atoms with E-state index < -0.39 is 11.7 Å². The lowest BCUT2D eigenvalue weighted by atomic mass is 9.91.